The summed E-state index contributed by atoms with van der Waals surface area (Å²) in [6, 6.07) is 4.80. The van der Waals surface area contributed by atoms with E-state index in [0.29, 0.717) is 5.56 Å². The zero-order valence-corrected chi connectivity index (χ0v) is 10.5. The van der Waals surface area contributed by atoms with Gasteiger partial charge in [-0.1, -0.05) is 0 Å². The average Bonchev–Trinajstić information content (AvgIpc) is 2.28. The third kappa shape index (κ3) is 3.07. The van der Waals surface area contributed by atoms with E-state index in [4.69, 9.17) is 5.73 Å². The first-order valence-electron chi connectivity index (χ1n) is 5.26. The summed E-state index contributed by atoms with van der Waals surface area (Å²) in [6.45, 7) is 1.52. The number of benzene rings is 1. The molecule has 6 heteroatoms. The summed E-state index contributed by atoms with van der Waals surface area (Å²) in [4.78, 5) is 23.2. The van der Waals surface area contributed by atoms with Crippen LogP contribution in [0.3, 0.4) is 0 Å². The van der Waals surface area contributed by atoms with E-state index in [2.05, 4.69) is 0 Å². The molecule has 1 aromatic rings. The molecule has 0 aromatic heterocycles. The number of nitro groups is 1. The molecular weight excluding hydrogens is 234 g/mol. The van der Waals surface area contributed by atoms with Gasteiger partial charge < -0.3 is 10.6 Å². The number of carbonyl (C=O) groups is 1. The van der Waals surface area contributed by atoms with Crippen LogP contribution >= 0.6 is 0 Å². The molecule has 96 valence electrons. The second-order valence-corrected chi connectivity index (χ2v) is 4.09. The second-order valence-electron chi connectivity index (χ2n) is 4.09. The van der Waals surface area contributed by atoms with Gasteiger partial charge >= 0.3 is 0 Å². The molecule has 18 heavy (non-hydrogen) atoms. The zero-order valence-electron chi connectivity index (χ0n) is 10.5. The maximum absolute atomic E-state index is 11.0. The molecule has 0 heterocycles. The number of hydrogen-bond donors (Lipinski definition) is 1. The highest BCUT2D eigenvalue weighted by Crippen LogP contribution is 2.26. The lowest BCUT2D eigenvalue weighted by Gasteiger charge is -2.12. The van der Waals surface area contributed by atoms with Gasteiger partial charge in [0.1, 0.15) is 0 Å². The number of nitrogens with zero attached hydrogens (tertiary/aromatic N) is 2. The summed E-state index contributed by atoms with van der Waals surface area (Å²) < 4.78 is 0. The molecule has 0 aliphatic carbocycles. The highest BCUT2D eigenvalue weighted by Gasteiger charge is 2.14. The van der Waals surface area contributed by atoms with E-state index in [9.17, 15) is 14.9 Å². The topological polar surface area (TPSA) is 89.5 Å². The SMILES string of the molecule is CC(=Cc1ccc(N(C)C)cc1[N+](=O)[O-])C(N)=O. The summed E-state index contributed by atoms with van der Waals surface area (Å²) >= 11 is 0. The van der Waals surface area contributed by atoms with Gasteiger partial charge in [0.15, 0.2) is 0 Å². The maximum Gasteiger partial charge on any atom is 0.278 e. The van der Waals surface area contributed by atoms with Crippen LogP contribution in [0.1, 0.15) is 12.5 Å². The second kappa shape index (κ2) is 5.31. The van der Waals surface area contributed by atoms with Gasteiger partial charge in [0.2, 0.25) is 5.91 Å². The third-order valence-electron chi connectivity index (χ3n) is 2.49. The minimum Gasteiger partial charge on any atom is -0.377 e. The Labute approximate surface area is 105 Å². The standard InChI is InChI=1S/C12H15N3O3/c1-8(12(13)16)6-9-4-5-10(14(2)3)7-11(9)15(17)18/h4-7H,1-3H3,(H2,13,16). The molecule has 0 fully saturated rings. The van der Waals surface area contributed by atoms with E-state index in [1.807, 2.05) is 0 Å². The van der Waals surface area contributed by atoms with Crippen LogP contribution in [0.2, 0.25) is 0 Å². The van der Waals surface area contributed by atoms with Crippen molar-refractivity contribution in [3.63, 3.8) is 0 Å². The highest BCUT2D eigenvalue weighted by atomic mass is 16.6. The predicted molar refractivity (Wildman–Crippen MR) is 70.3 cm³/mol. The molecule has 6 nitrogen and oxygen atoms in total. The van der Waals surface area contributed by atoms with Gasteiger partial charge in [-0.05, 0) is 25.1 Å². The minimum atomic E-state index is -0.596. The number of carbonyl (C=O) groups excluding carboxylic acids is 1. The van der Waals surface area contributed by atoms with Crippen LogP contribution in [0.5, 0.6) is 0 Å². The van der Waals surface area contributed by atoms with Crippen molar-refractivity contribution in [1.29, 1.82) is 0 Å². The first kappa shape index (κ1) is 13.7. The summed E-state index contributed by atoms with van der Waals surface area (Å²) in [7, 11) is 3.59. The Bertz CT molecular complexity index is 521. The smallest absolute Gasteiger partial charge is 0.278 e. The Morgan fingerprint density at radius 3 is 2.50 bits per heavy atom. The molecule has 0 saturated carbocycles. The molecule has 1 rings (SSSR count). The van der Waals surface area contributed by atoms with Gasteiger partial charge in [0.05, 0.1) is 10.5 Å². The van der Waals surface area contributed by atoms with Crippen molar-refractivity contribution in [2.24, 2.45) is 5.73 Å². The molecule has 0 aliphatic rings. The lowest BCUT2D eigenvalue weighted by atomic mass is 10.1. The van der Waals surface area contributed by atoms with E-state index >= 15 is 0 Å². The van der Waals surface area contributed by atoms with Crippen LogP contribution in [0, 0.1) is 10.1 Å². The molecule has 0 saturated heterocycles. The van der Waals surface area contributed by atoms with Crippen LogP contribution in [-0.2, 0) is 4.79 Å². The van der Waals surface area contributed by atoms with Crippen molar-refractivity contribution in [2.75, 3.05) is 19.0 Å². The Morgan fingerprint density at radius 2 is 2.06 bits per heavy atom. The first-order chi connectivity index (χ1) is 8.32. The molecule has 0 spiro atoms. The fourth-order valence-corrected chi connectivity index (χ4v) is 1.39. The van der Waals surface area contributed by atoms with Gasteiger partial charge in [-0.3, -0.25) is 14.9 Å². The van der Waals surface area contributed by atoms with Crippen LogP contribution in [0.4, 0.5) is 11.4 Å². The van der Waals surface area contributed by atoms with Crippen molar-refractivity contribution >= 4 is 23.4 Å². The highest BCUT2D eigenvalue weighted by molar-refractivity contribution is 5.96. The number of amides is 1. The number of rotatable bonds is 4. The molecule has 0 aliphatic heterocycles. The van der Waals surface area contributed by atoms with E-state index in [0.717, 1.165) is 5.69 Å². The van der Waals surface area contributed by atoms with Crippen LogP contribution < -0.4 is 10.6 Å². The third-order valence-corrected chi connectivity index (χ3v) is 2.49. The van der Waals surface area contributed by atoms with Crippen LogP contribution in [-0.4, -0.2) is 24.9 Å². The van der Waals surface area contributed by atoms with Crippen LogP contribution in [0.25, 0.3) is 6.08 Å². The summed E-state index contributed by atoms with van der Waals surface area (Å²) in [5.41, 5.74) is 6.40. The van der Waals surface area contributed by atoms with Crippen molar-refractivity contribution < 1.29 is 9.72 Å². The predicted octanol–water partition coefficient (Wildman–Crippen LogP) is 1.55. The maximum atomic E-state index is 11.0. The Kier molecular flexibility index (Phi) is 4.04. The number of nitrogens with two attached hydrogens (primary N) is 1. The number of anilines is 1. The van der Waals surface area contributed by atoms with Crippen molar-refractivity contribution in [2.45, 2.75) is 6.92 Å². The minimum absolute atomic E-state index is 0.0539. The first-order valence-corrected chi connectivity index (χ1v) is 5.26. The van der Waals surface area contributed by atoms with E-state index in [1.54, 1.807) is 31.1 Å². The zero-order chi connectivity index (χ0) is 13.9. The van der Waals surface area contributed by atoms with E-state index in [-0.39, 0.29) is 11.3 Å². The number of nitro benzene ring substituents is 1. The largest absolute Gasteiger partial charge is 0.377 e. The Hall–Kier alpha value is -2.37. The van der Waals surface area contributed by atoms with Crippen molar-refractivity contribution in [3.8, 4) is 0 Å². The van der Waals surface area contributed by atoms with Gasteiger partial charge in [-0.25, -0.2) is 0 Å². The molecule has 0 radical (unpaired) electrons. The summed E-state index contributed by atoms with van der Waals surface area (Å²) in [6.07, 6.45) is 1.42. The number of hydrogen-bond acceptors (Lipinski definition) is 4. The molecular formula is C12H15N3O3. The summed E-state index contributed by atoms with van der Waals surface area (Å²) in [5.74, 6) is -0.596. The van der Waals surface area contributed by atoms with E-state index in [1.165, 1.54) is 19.1 Å². The van der Waals surface area contributed by atoms with Gasteiger partial charge in [0, 0.05) is 31.4 Å². The fourth-order valence-electron chi connectivity index (χ4n) is 1.39. The quantitative estimate of drug-likeness (QED) is 0.498. The summed E-state index contributed by atoms with van der Waals surface area (Å²) in [5, 5.41) is 11.0. The monoisotopic (exact) mass is 249 g/mol. The normalized spacial score (nSPS) is 11.2. The van der Waals surface area contributed by atoms with Crippen LogP contribution in [0.15, 0.2) is 23.8 Å². The van der Waals surface area contributed by atoms with E-state index < -0.39 is 10.8 Å². The fraction of sp³-hybridized carbons (Fsp3) is 0.250. The molecule has 0 unspecified atom stereocenters. The molecule has 0 atom stereocenters. The lowest BCUT2D eigenvalue weighted by Crippen LogP contribution is -2.11. The van der Waals surface area contributed by atoms with Gasteiger partial charge in [-0.2, -0.15) is 0 Å². The Morgan fingerprint density at radius 1 is 1.44 bits per heavy atom. The average molecular weight is 249 g/mol. The van der Waals surface area contributed by atoms with Crippen molar-refractivity contribution in [1.82, 2.24) is 0 Å². The van der Waals surface area contributed by atoms with Gasteiger partial charge in [0.25, 0.3) is 5.69 Å². The Balaban J connectivity index is 3.33. The molecule has 1 aromatic carbocycles. The number of primary amides is 1. The molecule has 1 amide bonds. The lowest BCUT2D eigenvalue weighted by molar-refractivity contribution is -0.385. The molecule has 0 bridgehead atoms. The van der Waals surface area contributed by atoms with Crippen molar-refractivity contribution in [3.05, 3.63) is 39.4 Å². The molecule has 2 N–H and O–H groups in total. The van der Waals surface area contributed by atoms with Gasteiger partial charge in [-0.15, -0.1) is 0 Å².